The third kappa shape index (κ3) is 4.77. The molecule has 0 atom stereocenters. The standard InChI is InChI=1S/C42H51N3O2S/c1-37(2)25-13-14-26(43-25)38(3,4)32-20-22-34(47-32)40(7,8)28-16-18-30(45-28)42(11,12)36-24-23-35(48-36)41(9,10)29-17-15-27(44-29)39(5,6)33-21-19-31(37)46-33/h13-24,43-45H,1-12H3. The summed E-state index contributed by atoms with van der Waals surface area (Å²) in [5, 5.41) is 0. The fraction of sp³-hybridized carbons (Fsp3) is 0.429. The van der Waals surface area contributed by atoms with Crippen molar-refractivity contribution in [3.05, 3.63) is 140 Å². The molecule has 0 aliphatic carbocycles. The molecule has 252 valence electrons. The van der Waals surface area contributed by atoms with Crippen LogP contribution in [0.1, 0.15) is 150 Å². The van der Waals surface area contributed by atoms with Crippen molar-refractivity contribution in [2.75, 3.05) is 0 Å². The summed E-state index contributed by atoms with van der Waals surface area (Å²) in [6, 6.07) is 26.5. The van der Waals surface area contributed by atoms with E-state index in [1.54, 1.807) is 0 Å². The highest BCUT2D eigenvalue weighted by Crippen LogP contribution is 2.45. The van der Waals surface area contributed by atoms with E-state index in [4.69, 9.17) is 8.83 Å². The highest BCUT2D eigenvalue weighted by molar-refractivity contribution is 7.12. The molecule has 0 saturated heterocycles. The molecule has 5 nitrogen and oxygen atoms in total. The highest BCUT2D eigenvalue weighted by Gasteiger charge is 2.39. The lowest BCUT2D eigenvalue weighted by Gasteiger charge is -2.27. The molecule has 12 bridgehead atoms. The molecule has 3 N–H and O–H groups in total. The Morgan fingerprint density at radius 2 is 0.562 bits per heavy atom. The Balaban J connectivity index is 1.38. The molecule has 6 aromatic heterocycles. The summed E-state index contributed by atoms with van der Waals surface area (Å²) in [6.07, 6.45) is 0. The van der Waals surface area contributed by atoms with Crippen molar-refractivity contribution in [2.24, 2.45) is 0 Å². The van der Waals surface area contributed by atoms with E-state index in [0.29, 0.717) is 0 Å². The van der Waals surface area contributed by atoms with Crippen LogP contribution in [0.2, 0.25) is 0 Å². The molecule has 6 aromatic rings. The van der Waals surface area contributed by atoms with Crippen LogP contribution in [0.25, 0.3) is 0 Å². The van der Waals surface area contributed by atoms with Crippen LogP contribution >= 0.6 is 11.3 Å². The number of H-pyrrole nitrogens is 3. The molecule has 0 unspecified atom stereocenters. The lowest BCUT2D eigenvalue weighted by molar-refractivity contribution is 0.354. The van der Waals surface area contributed by atoms with Crippen LogP contribution in [0.4, 0.5) is 0 Å². The number of fused-ring (bicyclic) bond motifs is 12. The monoisotopic (exact) mass is 661 g/mol. The van der Waals surface area contributed by atoms with Crippen LogP contribution in [0.3, 0.4) is 0 Å². The normalized spacial score (nSPS) is 20.2. The van der Waals surface area contributed by atoms with Crippen molar-refractivity contribution in [1.29, 1.82) is 0 Å². The van der Waals surface area contributed by atoms with E-state index in [1.807, 2.05) is 11.3 Å². The molecular formula is C42H51N3O2S. The number of hydrogen-bond acceptors (Lipinski definition) is 3. The van der Waals surface area contributed by atoms with Gasteiger partial charge in [0.1, 0.15) is 23.0 Å². The summed E-state index contributed by atoms with van der Waals surface area (Å²) in [4.78, 5) is 14.1. The van der Waals surface area contributed by atoms with Gasteiger partial charge in [0.05, 0.1) is 21.7 Å². The first-order valence-corrected chi connectivity index (χ1v) is 18.0. The van der Waals surface area contributed by atoms with Crippen molar-refractivity contribution in [3.8, 4) is 0 Å². The molecule has 0 saturated carbocycles. The first-order valence-electron chi connectivity index (χ1n) is 17.2. The Hall–Kier alpha value is -3.90. The maximum absolute atomic E-state index is 6.73. The van der Waals surface area contributed by atoms with Crippen LogP contribution in [0.5, 0.6) is 0 Å². The average molecular weight is 662 g/mol. The maximum atomic E-state index is 6.73. The Bertz CT molecular complexity index is 1600. The highest BCUT2D eigenvalue weighted by atomic mass is 32.1. The average Bonchev–Trinajstić information content (AvgIpc) is 3.85. The van der Waals surface area contributed by atoms with Crippen molar-refractivity contribution in [1.82, 2.24) is 15.0 Å². The molecule has 0 aromatic carbocycles. The summed E-state index contributed by atoms with van der Waals surface area (Å²) in [5.41, 5.74) is 5.04. The maximum Gasteiger partial charge on any atom is 0.115 e. The zero-order valence-corrected chi connectivity index (χ0v) is 31.5. The summed E-state index contributed by atoms with van der Waals surface area (Å²) in [7, 11) is 0. The predicted octanol–water partition coefficient (Wildman–Crippen LogP) is 11.2. The number of rotatable bonds is 0. The first-order chi connectivity index (χ1) is 22.3. The molecule has 1 aliphatic heterocycles. The van der Waals surface area contributed by atoms with Gasteiger partial charge in [-0.15, -0.1) is 11.3 Å². The molecule has 6 heteroatoms. The molecule has 7 heterocycles. The largest absolute Gasteiger partial charge is 0.464 e. The van der Waals surface area contributed by atoms with Gasteiger partial charge in [0.25, 0.3) is 0 Å². The van der Waals surface area contributed by atoms with E-state index in [1.165, 1.54) is 21.1 Å². The lowest BCUT2D eigenvalue weighted by Crippen LogP contribution is -2.23. The Morgan fingerprint density at radius 3 is 0.812 bits per heavy atom. The van der Waals surface area contributed by atoms with Crippen LogP contribution in [0, 0.1) is 0 Å². The minimum atomic E-state index is -0.369. The van der Waals surface area contributed by atoms with E-state index in [9.17, 15) is 0 Å². The summed E-state index contributed by atoms with van der Waals surface area (Å²) in [6.45, 7) is 27.1. The molecule has 7 rings (SSSR count). The van der Waals surface area contributed by atoms with Crippen LogP contribution in [0.15, 0.2) is 81.6 Å². The second kappa shape index (κ2) is 10.3. The quantitative estimate of drug-likeness (QED) is 0.152. The predicted molar refractivity (Wildman–Crippen MR) is 197 cm³/mol. The van der Waals surface area contributed by atoms with Gasteiger partial charge in [-0.3, -0.25) is 0 Å². The van der Waals surface area contributed by atoms with E-state index in [2.05, 4.69) is 171 Å². The van der Waals surface area contributed by atoms with Gasteiger partial charge in [-0.2, -0.15) is 0 Å². The second-order valence-corrected chi connectivity index (χ2v) is 18.2. The zero-order chi connectivity index (χ0) is 34.7. The third-order valence-electron chi connectivity index (χ3n) is 11.6. The van der Waals surface area contributed by atoms with E-state index >= 15 is 0 Å². The smallest absolute Gasteiger partial charge is 0.115 e. The summed E-state index contributed by atoms with van der Waals surface area (Å²) >= 11 is 1.90. The fourth-order valence-electron chi connectivity index (χ4n) is 7.20. The molecule has 1 aliphatic rings. The lowest BCUT2D eigenvalue weighted by atomic mass is 9.86. The van der Waals surface area contributed by atoms with Gasteiger partial charge < -0.3 is 23.8 Å². The van der Waals surface area contributed by atoms with Crippen molar-refractivity contribution in [3.63, 3.8) is 0 Å². The van der Waals surface area contributed by atoms with Gasteiger partial charge in [0, 0.05) is 54.7 Å². The molecular weight excluding hydrogens is 611 g/mol. The molecule has 0 spiro atoms. The first kappa shape index (κ1) is 32.6. The number of aromatic nitrogens is 3. The Morgan fingerprint density at radius 1 is 0.333 bits per heavy atom. The zero-order valence-electron chi connectivity index (χ0n) is 30.7. The van der Waals surface area contributed by atoms with Gasteiger partial charge in [-0.05, 0) is 156 Å². The van der Waals surface area contributed by atoms with Gasteiger partial charge >= 0.3 is 0 Å². The molecule has 0 fully saturated rings. The van der Waals surface area contributed by atoms with Crippen molar-refractivity contribution >= 4 is 11.3 Å². The third-order valence-corrected chi connectivity index (χ3v) is 13.3. The SMILES string of the molecule is CC1(C)c2ccc([nH]2)C(C)(C)c2ccc(o2)C(C)(C)c2ccc([nH]2)C(C)(C)c2ccc(s2)C(C)(C)c2ccc([nH]2)C(C)(C)c2ccc1o2. The van der Waals surface area contributed by atoms with Crippen LogP contribution in [-0.4, -0.2) is 15.0 Å². The van der Waals surface area contributed by atoms with Crippen molar-refractivity contribution < 1.29 is 8.83 Å². The topological polar surface area (TPSA) is 73.7 Å². The van der Waals surface area contributed by atoms with E-state index in [0.717, 1.165) is 45.8 Å². The number of aromatic amines is 3. The Labute approximate surface area is 289 Å². The molecule has 0 radical (unpaired) electrons. The number of furan rings is 2. The van der Waals surface area contributed by atoms with Gasteiger partial charge in [-0.25, -0.2) is 0 Å². The van der Waals surface area contributed by atoms with Crippen molar-refractivity contribution in [2.45, 2.75) is 116 Å². The minimum absolute atomic E-state index is 0.198. The van der Waals surface area contributed by atoms with Gasteiger partial charge in [-0.1, -0.05) is 0 Å². The Kier molecular flexibility index (Phi) is 7.01. The second-order valence-electron chi connectivity index (χ2n) is 17.1. The van der Waals surface area contributed by atoms with Crippen LogP contribution < -0.4 is 0 Å². The van der Waals surface area contributed by atoms with E-state index < -0.39 is 0 Å². The summed E-state index contributed by atoms with van der Waals surface area (Å²) in [5.74, 6) is 3.74. The fourth-order valence-corrected chi connectivity index (χ4v) is 8.44. The minimum Gasteiger partial charge on any atom is -0.464 e. The molecule has 0 amide bonds. The number of thiophene rings is 1. The van der Waals surface area contributed by atoms with Gasteiger partial charge in [0.2, 0.25) is 0 Å². The molecule has 48 heavy (non-hydrogen) atoms. The number of nitrogens with one attached hydrogen (secondary N) is 3. The van der Waals surface area contributed by atoms with E-state index in [-0.39, 0.29) is 32.5 Å². The summed E-state index contributed by atoms with van der Waals surface area (Å²) < 4.78 is 13.5. The van der Waals surface area contributed by atoms with Crippen LogP contribution in [-0.2, 0) is 32.5 Å². The van der Waals surface area contributed by atoms with Gasteiger partial charge in [0.15, 0.2) is 0 Å². The number of hydrogen-bond donors (Lipinski definition) is 3.